The predicted octanol–water partition coefficient (Wildman–Crippen LogP) is 2.72. The highest BCUT2D eigenvalue weighted by atomic mass is 16.5. The second-order valence-electron chi connectivity index (χ2n) is 3.96. The minimum atomic E-state index is -0.992. The third-order valence-electron chi connectivity index (χ3n) is 2.65. The Hall–Kier alpha value is -2.69. The Bertz CT molecular complexity index is 611. The van der Waals surface area contributed by atoms with Crippen LogP contribution in [0.1, 0.15) is 10.4 Å². The van der Waals surface area contributed by atoms with Gasteiger partial charge in [0.2, 0.25) is 0 Å². The largest absolute Gasteiger partial charge is 0.497 e. The van der Waals surface area contributed by atoms with Crippen LogP contribution in [0.15, 0.2) is 42.5 Å². The van der Waals surface area contributed by atoms with Crippen LogP contribution in [-0.2, 0) is 0 Å². The molecule has 0 amide bonds. The molecule has 2 aromatic carbocycles. The molecular formula is C14H14N2O3. The SMILES string of the molecule is COc1cccc(Nc2cc(C(=O)O)ccc2N)c1. The van der Waals surface area contributed by atoms with E-state index in [1.54, 1.807) is 19.2 Å². The summed E-state index contributed by atoms with van der Waals surface area (Å²) in [5.74, 6) is -0.286. The number of anilines is 3. The van der Waals surface area contributed by atoms with Crippen LogP contribution in [0, 0.1) is 0 Å². The molecule has 5 heteroatoms. The van der Waals surface area contributed by atoms with Gasteiger partial charge in [-0.15, -0.1) is 0 Å². The number of methoxy groups -OCH3 is 1. The highest BCUT2D eigenvalue weighted by Crippen LogP contribution is 2.26. The minimum Gasteiger partial charge on any atom is -0.497 e. The molecule has 0 aliphatic rings. The quantitative estimate of drug-likeness (QED) is 0.734. The van der Waals surface area contributed by atoms with Gasteiger partial charge >= 0.3 is 5.97 Å². The number of nitrogen functional groups attached to an aromatic ring is 1. The van der Waals surface area contributed by atoms with E-state index in [1.807, 2.05) is 18.2 Å². The number of ether oxygens (including phenoxy) is 1. The van der Waals surface area contributed by atoms with E-state index < -0.39 is 5.97 Å². The average molecular weight is 258 g/mol. The lowest BCUT2D eigenvalue weighted by Crippen LogP contribution is -2.01. The number of carboxylic acids is 1. The third-order valence-corrected chi connectivity index (χ3v) is 2.65. The number of hydrogen-bond donors (Lipinski definition) is 3. The van der Waals surface area contributed by atoms with Crippen LogP contribution in [0.2, 0.25) is 0 Å². The zero-order valence-corrected chi connectivity index (χ0v) is 10.4. The molecular weight excluding hydrogens is 244 g/mol. The highest BCUT2D eigenvalue weighted by Gasteiger charge is 2.07. The summed E-state index contributed by atoms with van der Waals surface area (Å²) in [5, 5.41) is 12.0. The molecule has 2 aromatic rings. The Morgan fingerprint density at radius 1 is 1.26 bits per heavy atom. The molecule has 4 N–H and O–H groups in total. The molecule has 0 aliphatic carbocycles. The molecule has 0 unspecified atom stereocenters. The Balaban J connectivity index is 2.31. The van der Waals surface area contributed by atoms with E-state index in [-0.39, 0.29) is 5.56 Å². The van der Waals surface area contributed by atoms with Crippen molar-refractivity contribution in [2.24, 2.45) is 0 Å². The summed E-state index contributed by atoms with van der Waals surface area (Å²) >= 11 is 0. The van der Waals surface area contributed by atoms with Crippen molar-refractivity contribution in [3.05, 3.63) is 48.0 Å². The van der Waals surface area contributed by atoms with E-state index in [1.165, 1.54) is 12.1 Å². The van der Waals surface area contributed by atoms with Crippen molar-refractivity contribution in [1.29, 1.82) is 0 Å². The lowest BCUT2D eigenvalue weighted by molar-refractivity contribution is 0.0697. The molecule has 0 radical (unpaired) electrons. The normalized spacial score (nSPS) is 9.95. The van der Waals surface area contributed by atoms with E-state index in [2.05, 4.69) is 5.32 Å². The van der Waals surface area contributed by atoms with E-state index in [9.17, 15) is 4.79 Å². The molecule has 0 heterocycles. The number of nitrogens with two attached hydrogens (primary N) is 1. The summed E-state index contributed by atoms with van der Waals surface area (Å²) in [4.78, 5) is 10.9. The molecule has 2 rings (SSSR count). The average Bonchev–Trinajstić information content (AvgIpc) is 2.41. The third kappa shape index (κ3) is 2.95. The fourth-order valence-electron chi connectivity index (χ4n) is 1.65. The zero-order chi connectivity index (χ0) is 13.8. The summed E-state index contributed by atoms with van der Waals surface area (Å²) in [5.41, 5.74) is 7.80. The lowest BCUT2D eigenvalue weighted by atomic mass is 10.1. The van der Waals surface area contributed by atoms with Crippen molar-refractivity contribution in [3.8, 4) is 5.75 Å². The molecule has 0 saturated heterocycles. The van der Waals surface area contributed by atoms with Gasteiger partial charge < -0.3 is 20.9 Å². The van der Waals surface area contributed by atoms with Gasteiger partial charge in [0.15, 0.2) is 0 Å². The molecule has 0 fully saturated rings. The van der Waals surface area contributed by atoms with Crippen molar-refractivity contribution in [1.82, 2.24) is 0 Å². The molecule has 0 saturated carbocycles. The van der Waals surface area contributed by atoms with Crippen LogP contribution in [0.5, 0.6) is 5.75 Å². The highest BCUT2D eigenvalue weighted by molar-refractivity contribution is 5.91. The van der Waals surface area contributed by atoms with E-state index in [0.29, 0.717) is 17.1 Å². The van der Waals surface area contributed by atoms with Gasteiger partial charge in [0.05, 0.1) is 24.0 Å². The van der Waals surface area contributed by atoms with Crippen LogP contribution in [0.4, 0.5) is 17.1 Å². The zero-order valence-electron chi connectivity index (χ0n) is 10.4. The molecule has 0 aliphatic heterocycles. The summed E-state index contributed by atoms with van der Waals surface area (Å²) in [6.07, 6.45) is 0. The smallest absolute Gasteiger partial charge is 0.335 e. The van der Waals surface area contributed by atoms with Crippen molar-refractivity contribution in [2.45, 2.75) is 0 Å². The van der Waals surface area contributed by atoms with Gasteiger partial charge in [-0.1, -0.05) is 6.07 Å². The summed E-state index contributed by atoms with van der Waals surface area (Å²) < 4.78 is 5.12. The van der Waals surface area contributed by atoms with E-state index >= 15 is 0 Å². The van der Waals surface area contributed by atoms with E-state index in [4.69, 9.17) is 15.6 Å². The monoisotopic (exact) mass is 258 g/mol. The fourth-order valence-corrected chi connectivity index (χ4v) is 1.65. The topological polar surface area (TPSA) is 84.6 Å². The van der Waals surface area contributed by atoms with E-state index in [0.717, 1.165) is 5.69 Å². The number of carboxylic acid groups (broad SMARTS) is 1. The van der Waals surface area contributed by atoms with Gasteiger partial charge in [-0.3, -0.25) is 0 Å². The molecule has 0 atom stereocenters. The lowest BCUT2D eigenvalue weighted by Gasteiger charge is -2.11. The van der Waals surface area contributed by atoms with Crippen molar-refractivity contribution in [3.63, 3.8) is 0 Å². The Morgan fingerprint density at radius 2 is 2.05 bits per heavy atom. The molecule has 0 bridgehead atoms. The van der Waals surface area contributed by atoms with Gasteiger partial charge in [0, 0.05) is 11.8 Å². The van der Waals surface area contributed by atoms with Gasteiger partial charge in [-0.25, -0.2) is 4.79 Å². The summed E-state index contributed by atoms with van der Waals surface area (Å²) in [6.45, 7) is 0. The number of nitrogens with one attached hydrogen (secondary N) is 1. The van der Waals surface area contributed by atoms with Crippen LogP contribution in [-0.4, -0.2) is 18.2 Å². The number of rotatable bonds is 4. The maximum absolute atomic E-state index is 10.9. The molecule has 0 spiro atoms. The number of hydrogen-bond acceptors (Lipinski definition) is 4. The Morgan fingerprint density at radius 3 is 2.74 bits per heavy atom. The summed E-state index contributed by atoms with van der Waals surface area (Å²) in [6, 6.07) is 11.8. The van der Waals surface area contributed by atoms with Gasteiger partial charge in [-0.05, 0) is 30.3 Å². The van der Waals surface area contributed by atoms with Crippen LogP contribution in [0.25, 0.3) is 0 Å². The van der Waals surface area contributed by atoms with Gasteiger partial charge in [-0.2, -0.15) is 0 Å². The van der Waals surface area contributed by atoms with Crippen LogP contribution < -0.4 is 15.8 Å². The predicted molar refractivity (Wildman–Crippen MR) is 74.1 cm³/mol. The minimum absolute atomic E-state index is 0.180. The summed E-state index contributed by atoms with van der Waals surface area (Å²) in [7, 11) is 1.58. The Labute approximate surface area is 110 Å². The van der Waals surface area contributed by atoms with Crippen molar-refractivity contribution in [2.75, 3.05) is 18.2 Å². The molecule has 0 aromatic heterocycles. The number of aromatic carboxylic acids is 1. The first-order chi connectivity index (χ1) is 9.10. The second kappa shape index (κ2) is 5.30. The van der Waals surface area contributed by atoms with Gasteiger partial charge in [0.1, 0.15) is 5.75 Å². The first-order valence-corrected chi connectivity index (χ1v) is 5.64. The standard InChI is InChI=1S/C14H14N2O3/c1-19-11-4-2-3-10(8-11)16-13-7-9(14(17)18)5-6-12(13)15/h2-8,16H,15H2,1H3,(H,17,18). The Kier molecular flexibility index (Phi) is 3.56. The van der Waals surface area contributed by atoms with Crippen LogP contribution in [0.3, 0.4) is 0 Å². The maximum atomic E-state index is 10.9. The van der Waals surface area contributed by atoms with Crippen molar-refractivity contribution >= 4 is 23.0 Å². The number of benzene rings is 2. The van der Waals surface area contributed by atoms with Gasteiger partial charge in [0.25, 0.3) is 0 Å². The molecule has 5 nitrogen and oxygen atoms in total. The maximum Gasteiger partial charge on any atom is 0.335 e. The fraction of sp³-hybridized carbons (Fsp3) is 0.0714. The van der Waals surface area contributed by atoms with Crippen LogP contribution >= 0.6 is 0 Å². The molecule has 98 valence electrons. The van der Waals surface area contributed by atoms with Crippen molar-refractivity contribution < 1.29 is 14.6 Å². The first kappa shape index (κ1) is 12.8. The molecule has 19 heavy (non-hydrogen) atoms. The number of carbonyl (C=O) groups is 1. The second-order valence-corrected chi connectivity index (χ2v) is 3.96. The first-order valence-electron chi connectivity index (χ1n) is 5.64.